The third-order valence-corrected chi connectivity index (χ3v) is 3.16. The van der Waals surface area contributed by atoms with E-state index in [1.165, 1.54) is 0 Å². The molecule has 1 aliphatic carbocycles. The zero-order chi connectivity index (χ0) is 12.6. The van der Waals surface area contributed by atoms with Gasteiger partial charge >= 0.3 is 6.09 Å². The van der Waals surface area contributed by atoms with Crippen LogP contribution in [-0.2, 0) is 10.3 Å². The molecule has 1 amide bonds. The molecule has 18 heavy (non-hydrogen) atoms. The molecular weight excluding hydrogens is 230 g/mol. The summed E-state index contributed by atoms with van der Waals surface area (Å²) >= 11 is 0. The van der Waals surface area contributed by atoms with Crippen molar-refractivity contribution in [1.29, 1.82) is 0 Å². The van der Waals surface area contributed by atoms with E-state index in [-0.39, 0.29) is 0 Å². The number of hydrogen-bond acceptors (Lipinski definition) is 3. The fourth-order valence-corrected chi connectivity index (χ4v) is 2.10. The summed E-state index contributed by atoms with van der Waals surface area (Å²) in [6.45, 7) is 0. The quantitative estimate of drug-likeness (QED) is 0.895. The molecule has 2 N–H and O–H groups in total. The molecule has 3 rings (SSSR count). The molecule has 0 aliphatic heterocycles. The van der Waals surface area contributed by atoms with Crippen LogP contribution in [0.2, 0.25) is 0 Å². The van der Waals surface area contributed by atoms with Crippen molar-refractivity contribution >= 4 is 6.09 Å². The second-order valence-electron chi connectivity index (χ2n) is 4.41. The molecule has 0 radical (unpaired) electrons. The molecule has 1 saturated carbocycles. The third kappa shape index (κ3) is 1.84. The molecule has 0 saturated heterocycles. The fourth-order valence-electron chi connectivity index (χ4n) is 2.10. The number of carbonyl (C=O) groups excluding carboxylic acids is 1. The van der Waals surface area contributed by atoms with Crippen molar-refractivity contribution in [3.63, 3.8) is 0 Å². The summed E-state index contributed by atoms with van der Waals surface area (Å²) in [5.74, 6) is 0. The lowest BCUT2D eigenvalue weighted by Gasteiger charge is -2.15. The van der Waals surface area contributed by atoms with Gasteiger partial charge in [-0.15, -0.1) is 0 Å². The standard InChI is InChI=1S/C13H13N3O2/c14-12(17)18-13(6-7-13)10-2-4-11(5-3-10)16-9-1-8-15-16/h1-5,8-9H,6-7H2,(H2,14,17). The van der Waals surface area contributed by atoms with Crippen LogP contribution in [0.5, 0.6) is 0 Å². The second-order valence-corrected chi connectivity index (χ2v) is 4.41. The Morgan fingerprint density at radius 1 is 1.33 bits per heavy atom. The lowest BCUT2D eigenvalue weighted by molar-refractivity contribution is 0.0900. The van der Waals surface area contributed by atoms with Crippen LogP contribution in [0.15, 0.2) is 42.7 Å². The maximum Gasteiger partial charge on any atom is 0.405 e. The molecule has 5 heteroatoms. The van der Waals surface area contributed by atoms with Crippen LogP contribution in [0, 0.1) is 0 Å². The first-order valence-electron chi connectivity index (χ1n) is 5.79. The maximum atomic E-state index is 10.9. The van der Waals surface area contributed by atoms with E-state index in [9.17, 15) is 4.79 Å². The number of hydrogen-bond donors (Lipinski definition) is 1. The molecule has 1 heterocycles. The Labute approximate surface area is 104 Å². The molecule has 1 aliphatic rings. The molecule has 0 unspecified atom stereocenters. The van der Waals surface area contributed by atoms with Crippen molar-refractivity contribution in [1.82, 2.24) is 9.78 Å². The lowest BCUT2D eigenvalue weighted by Crippen LogP contribution is -2.22. The molecule has 2 aromatic rings. The average Bonchev–Trinajstić information content (AvgIpc) is 2.93. The molecule has 0 atom stereocenters. The van der Waals surface area contributed by atoms with Crippen LogP contribution < -0.4 is 5.73 Å². The summed E-state index contributed by atoms with van der Waals surface area (Å²) in [7, 11) is 0. The van der Waals surface area contributed by atoms with Crippen molar-refractivity contribution in [3.8, 4) is 5.69 Å². The highest BCUT2D eigenvalue weighted by atomic mass is 16.6. The summed E-state index contributed by atoms with van der Waals surface area (Å²) in [6.07, 6.45) is 4.55. The van der Waals surface area contributed by atoms with E-state index in [4.69, 9.17) is 10.5 Å². The van der Waals surface area contributed by atoms with E-state index < -0.39 is 11.7 Å². The van der Waals surface area contributed by atoms with Crippen LogP contribution in [0.1, 0.15) is 18.4 Å². The number of primary amides is 1. The van der Waals surface area contributed by atoms with Gasteiger partial charge in [0, 0.05) is 12.4 Å². The predicted octanol–water partition coefficient (Wildman–Crippen LogP) is 1.96. The third-order valence-electron chi connectivity index (χ3n) is 3.16. The van der Waals surface area contributed by atoms with Gasteiger partial charge < -0.3 is 10.5 Å². The molecule has 0 bridgehead atoms. The smallest absolute Gasteiger partial charge is 0.405 e. The monoisotopic (exact) mass is 243 g/mol. The minimum Gasteiger partial charge on any atom is -0.438 e. The topological polar surface area (TPSA) is 70.1 Å². The second kappa shape index (κ2) is 3.87. The first kappa shape index (κ1) is 10.8. The van der Waals surface area contributed by atoms with Gasteiger partial charge in [-0.05, 0) is 36.6 Å². The maximum absolute atomic E-state index is 10.9. The number of aromatic nitrogens is 2. The fraction of sp³-hybridized carbons (Fsp3) is 0.231. The van der Waals surface area contributed by atoms with Crippen LogP contribution in [0.3, 0.4) is 0 Å². The Morgan fingerprint density at radius 3 is 2.56 bits per heavy atom. The minimum absolute atomic E-state index is 0.492. The van der Waals surface area contributed by atoms with Gasteiger partial charge in [0.05, 0.1) is 5.69 Å². The Balaban J connectivity index is 1.86. The van der Waals surface area contributed by atoms with Crippen molar-refractivity contribution in [2.75, 3.05) is 0 Å². The first-order valence-corrected chi connectivity index (χ1v) is 5.79. The highest BCUT2D eigenvalue weighted by molar-refractivity contribution is 5.66. The molecule has 92 valence electrons. The summed E-state index contributed by atoms with van der Waals surface area (Å²) in [4.78, 5) is 10.9. The molecular formula is C13H13N3O2. The average molecular weight is 243 g/mol. The Kier molecular flexibility index (Phi) is 2.33. The first-order chi connectivity index (χ1) is 8.70. The van der Waals surface area contributed by atoms with Gasteiger partial charge in [-0.25, -0.2) is 9.48 Å². The Hall–Kier alpha value is -2.30. The number of amides is 1. The Bertz CT molecular complexity index is 556. The summed E-state index contributed by atoms with van der Waals surface area (Å²) in [6, 6.07) is 9.67. The highest BCUT2D eigenvalue weighted by Gasteiger charge is 2.48. The van der Waals surface area contributed by atoms with Crippen molar-refractivity contribution in [2.45, 2.75) is 18.4 Å². The minimum atomic E-state index is -0.719. The predicted molar refractivity (Wildman–Crippen MR) is 65.1 cm³/mol. The van der Waals surface area contributed by atoms with E-state index in [1.54, 1.807) is 10.9 Å². The normalized spacial score (nSPS) is 16.2. The molecule has 1 fully saturated rings. The van der Waals surface area contributed by atoms with Crippen molar-refractivity contribution in [3.05, 3.63) is 48.3 Å². The number of nitrogens with two attached hydrogens (primary N) is 1. The number of rotatable bonds is 3. The molecule has 5 nitrogen and oxygen atoms in total. The van der Waals surface area contributed by atoms with E-state index in [0.29, 0.717) is 0 Å². The van der Waals surface area contributed by atoms with Gasteiger partial charge in [0.1, 0.15) is 5.60 Å². The lowest BCUT2D eigenvalue weighted by atomic mass is 10.1. The largest absolute Gasteiger partial charge is 0.438 e. The summed E-state index contributed by atoms with van der Waals surface area (Å²) in [5, 5.41) is 4.15. The van der Waals surface area contributed by atoms with Crippen molar-refractivity contribution < 1.29 is 9.53 Å². The number of carbonyl (C=O) groups is 1. The highest BCUT2D eigenvalue weighted by Crippen LogP contribution is 2.49. The van der Waals surface area contributed by atoms with Crippen LogP contribution in [-0.4, -0.2) is 15.9 Å². The Morgan fingerprint density at radius 2 is 2.06 bits per heavy atom. The summed E-state index contributed by atoms with van der Waals surface area (Å²) in [5.41, 5.74) is 6.55. The zero-order valence-electron chi connectivity index (χ0n) is 9.74. The van der Waals surface area contributed by atoms with Gasteiger partial charge in [-0.3, -0.25) is 0 Å². The van der Waals surface area contributed by atoms with Gasteiger partial charge in [-0.2, -0.15) is 5.10 Å². The molecule has 1 aromatic carbocycles. The van der Waals surface area contributed by atoms with E-state index in [1.807, 2.05) is 36.5 Å². The van der Waals surface area contributed by atoms with E-state index in [0.717, 1.165) is 24.1 Å². The van der Waals surface area contributed by atoms with Gasteiger partial charge in [0.2, 0.25) is 0 Å². The van der Waals surface area contributed by atoms with Gasteiger partial charge in [0.15, 0.2) is 0 Å². The number of benzene rings is 1. The van der Waals surface area contributed by atoms with E-state index in [2.05, 4.69) is 5.10 Å². The van der Waals surface area contributed by atoms with Crippen molar-refractivity contribution in [2.24, 2.45) is 5.73 Å². The number of nitrogens with zero attached hydrogens (tertiary/aromatic N) is 2. The van der Waals surface area contributed by atoms with Gasteiger partial charge in [0.25, 0.3) is 0 Å². The van der Waals surface area contributed by atoms with Crippen LogP contribution >= 0.6 is 0 Å². The van der Waals surface area contributed by atoms with Crippen LogP contribution in [0.4, 0.5) is 4.79 Å². The zero-order valence-corrected chi connectivity index (χ0v) is 9.74. The molecule has 0 spiro atoms. The number of ether oxygens (including phenoxy) is 1. The SMILES string of the molecule is NC(=O)OC1(c2ccc(-n3cccn3)cc2)CC1. The molecule has 1 aromatic heterocycles. The van der Waals surface area contributed by atoms with Crippen LogP contribution in [0.25, 0.3) is 5.69 Å². The summed E-state index contributed by atoms with van der Waals surface area (Å²) < 4.78 is 6.96. The van der Waals surface area contributed by atoms with E-state index >= 15 is 0 Å². The van der Waals surface area contributed by atoms with Gasteiger partial charge in [-0.1, -0.05) is 12.1 Å².